The van der Waals surface area contributed by atoms with E-state index in [9.17, 15) is 4.79 Å². The number of oxazole rings is 1. The van der Waals surface area contributed by atoms with E-state index in [1.165, 1.54) is 7.11 Å². The van der Waals surface area contributed by atoms with Crippen molar-refractivity contribution in [1.82, 2.24) is 4.98 Å². The van der Waals surface area contributed by atoms with Crippen molar-refractivity contribution in [1.29, 1.82) is 0 Å². The Hall–Kier alpha value is -1.92. The van der Waals surface area contributed by atoms with Gasteiger partial charge >= 0.3 is 5.97 Å². The maximum atomic E-state index is 11.4. The summed E-state index contributed by atoms with van der Waals surface area (Å²) in [4.78, 5) is 15.8. The van der Waals surface area contributed by atoms with Crippen molar-refractivity contribution in [3.05, 3.63) is 29.7 Å². The van der Waals surface area contributed by atoms with Crippen molar-refractivity contribution in [2.75, 3.05) is 26.9 Å². The maximum Gasteiger partial charge on any atom is 0.337 e. The summed E-state index contributed by atoms with van der Waals surface area (Å²) in [6, 6.07) is 4.98. The molecule has 0 radical (unpaired) electrons. The zero-order valence-electron chi connectivity index (χ0n) is 10.4. The van der Waals surface area contributed by atoms with E-state index in [0.29, 0.717) is 42.4 Å². The molecule has 0 N–H and O–H groups in total. The smallest absolute Gasteiger partial charge is 0.337 e. The second-order valence-electron chi connectivity index (χ2n) is 4.16. The Morgan fingerprint density at radius 2 is 2.32 bits per heavy atom. The summed E-state index contributed by atoms with van der Waals surface area (Å²) >= 11 is 0. The summed E-state index contributed by atoms with van der Waals surface area (Å²) in [5.74, 6) is 0.0637. The van der Waals surface area contributed by atoms with E-state index in [0.717, 1.165) is 0 Å². The Kier molecular flexibility index (Phi) is 3.18. The van der Waals surface area contributed by atoms with Crippen LogP contribution in [0.4, 0.5) is 0 Å². The third-order valence-electron chi connectivity index (χ3n) is 2.92. The van der Waals surface area contributed by atoms with Crippen LogP contribution in [0, 0.1) is 0 Å². The number of ether oxygens (including phenoxy) is 3. The monoisotopic (exact) mass is 263 g/mol. The van der Waals surface area contributed by atoms with E-state index in [-0.39, 0.29) is 6.10 Å². The van der Waals surface area contributed by atoms with Gasteiger partial charge in [0.15, 0.2) is 11.7 Å². The number of hydrogen-bond acceptors (Lipinski definition) is 6. The highest BCUT2D eigenvalue weighted by Crippen LogP contribution is 2.25. The minimum Gasteiger partial charge on any atom is -0.465 e. The number of fused-ring (bicyclic) bond motifs is 1. The molecule has 2 heterocycles. The summed E-state index contributed by atoms with van der Waals surface area (Å²) in [5.41, 5.74) is 1.64. The molecule has 1 unspecified atom stereocenters. The van der Waals surface area contributed by atoms with Gasteiger partial charge in [0.1, 0.15) is 5.52 Å². The Morgan fingerprint density at radius 3 is 3.05 bits per heavy atom. The third-order valence-corrected chi connectivity index (χ3v) is 2.92. The Bertz CT molecular complexity index is 600. The van der Waals surface area contributed by atoms with Gasteiger partial charge in [-0.3, -0.25) is 0 Å². The molecule has 6 heteroatoms. The van der Waals surface area contributed by atoms with Crippen LogP contribution in [0.15, 0.2) is 22.6 Å². The van der Waals surface area contributed by atoms with E-state index in [1.54, 1.807) is 18.2 Å². The number of esters is 1. The fraction of sp³-hybridized carbons (Fsp3) is 0.385. The van der Waals surface area contributed by atoms with Gasteiger partial charge in [0, 0.05) is 0 Å². The molecule has 1 aliphatic rings. The van der Waals surface area contributed by atoms with Crippen LogP contribution in [0.25, 0.3) is 11.1 Å². The zero-order valence-corrected chi connectivity index (χ0v) is 10.4. The number of benzene rings is 1. The van der Waals surface area contributed by atoms with Crippen LogP contribution in [0.2, 0.25) is 0 Å². The van der Waals surface area contributed by atoms with Gasteiger partial charge in [-0.25, -0.2) is 9.78 Å². The number of methoxy groups -OCH3 is 1. The average Bonchev–Trinajstić information content (AvgIpc) is 2.90. The molecule has 3 rings (SSSR count). The predicted octanol–water partition coefficient (Wildman–Crippen LogP) is 1.70. The number of nitrogens with zero attached hydrogens (tertiary/aromatic N) is 1. The van der Waals surface area contributed by atoms with Crippen LogP contribution < -0.4 is 0 Å². The van der Waals surface area contributed by atoms with Crippen LogP contribution in [0.5, 0.6) is 0 Å². The van der Waals surface area contributed by atoms with Crippen LogP contribution in [-0.4, -0.2) is 37.9 Å². The van der Waals surface area contributed by atoms with Crippen molar-refractivity contribution in [3.8, 4) is 0 Å². The standard InChI is InChI=1S/C13H13NO5/c1-16-13(15)8-2-3-9-10(6-8)19-12(14-9)11-7-17-4-5-18-11/h2-3,6,11H,4-5,7H2,1H3. The number of rotatable bonds is 2. The molecule has 1 saturated heterocycles. The van der Waals surface area contributed by atoms with Gasteiger partial charge in [-0.2, -0.15) is 0 Å². The molecule has 19 heavy (non-hydrogen) atoms. The van der Waals surface area contributed by atoms with E-state index < -0.39 is 5.97 Å². The zero-order chi connectivity index (χ0) is 13.2. The molecule has 6 nitrogen and oxygen atoms in total. The lowest BCUT2D eigenvalue weighted by Gasteiger charge is -2.19. The molecule has 1 aromatic carbocycles. The van der Waals surface area contributed by atoms with Gasteiger partial charge in [-0.1, -0.05) is 0 Å². The molecule has 0 bridgehead atoms. The van der Waals surface area contributed by atoms with Crippen LogP contribution in [-0.2, 0) is 14.2 Å². The second kappa shape index (κ2) is 4.99. The maximum absolute atomic E-state index is 11.4. The van der Waals surface area contributed by atoms with Gasteiger partial charge in [0.05, 0.1) is 32.5 Å². The first-order valence-corrected chi connectivity index (χ1v) is 5.96. The number of hydrogen-bond donors (Lipinski definition) is 0. The largest absolute Gasteiger partial charge is 0.465 e. The molecule has 0 spiro atoms. The van der Waals surface area contributed by atoms with Gasteiger partial charge in [-0.15, -0.1) is 0 Å². The van der Waals surface area contributed by atoms with E-state index in [4.69, 9.17) is 13.9 Å². The van der Waals surface area contributed by atoms with E-state index >= 15 is 0 Å². The lowest BCUT2D eigenvalue weighted by Crippen LogP contribution is -2.22. The number of aromatic nitrogens is 1. The highest BCUT2D eigenvalue weighted by Gasteiger charge is 2.22. The van der Waals surface area contributed by atoms with Crippen molar-refractivity contribution < 1.29 is 23.4 Å². The van der Waals surface area contributed by atoms with Gasteiger partial charge in [0.2, 0.25) is 5.89 Å². The highest BCUT2D eigenvalue weighted by molar-refractivity contribution is 5.93. The van der Waals surface area contributed by atoms with Crippen molar-refractivity contribution >= 4 is 17.1 Å². The Morgan fingerprint density at radius 1 is 1.42 bits per heavy atom. The first kappa shape index (κ1) is 12.1. The van der Waals surface area contributed by atoms with Crippen LogP contribution in [0.3, 0.4) is 0 Å². The molecule has 1 aromatic heterocycles. The first-order valence-electron chi connectivity index (χ1n) is 5.96. The molecule has 1 atom stereocenters. The quantitative estimate of drug-likeness (QED) is 0.768. The first-order chi connectivity index (χ1) is 9.28. The molecule has 0 amide bonds. The predicted molar refractivity (Wildman–Crippen MR) is 64.9 cm³/mol. The molecule has 0 saturated carbocycles. The summed E-state index contributed by atoms with van der Waals surface area (Å²) in [5, 5.41) is 0. The van der Waals surface area contributed by atoms with E-state index in [1.807, 2.05) is 0 Å². The summed E-state index contributed by atoms with van der Waals surface area (Å²) in [6.07, 6.45) is -0.289. The lowest BCUT2D eigenvalue weighted by molar-refractivity contribution is -0.0991. The topological polar surface area (TPSA) is 70.8 Å². The second-order valence-corrected chi connectivity index (χ2v) is 4.16. The SMILES string of the molecule is COC(=O)c1ccc2nc(C3COCCO3)oc2c1. The third kappa shape index (κ3) is 2.32. The molecule has 1 fully saturated rings. The molecular weight excluding hydrogens is 250 g/mol. The molecular formula is C13H13NO5. The van der Waals surface area contributed by atoms with Gasteiger partial charge < -0.3 is 18.6 Å². The van der Waals surface area contributed by atoms with Crippen molar-refractivity contribution in [3.63, 3.8) is 0 Å². The molecule has 1 aliphatic heterocycles. The summed E-state index contributed by atoms with van der Waals surface area (Å²) < 4.78 is 21.1. The van der Waals surface area contributed by atoms with E-state index in [2.05, 4.69) is 9.72 Å². The Labute approximate surface area is 109 Å². The number of carbonyl (C=O) groups excluding carboxylic acids is 1. The van der Waals surface area contributed by atoms with Crippen LogP contribution in [0.1, 0.15) is 22.4 Å². The average molecular weight is 263 g/mol. The Balaban J connectivity index is 1.93. The fourth-order valence-corrected chi connectivity index (χ4v) is 1.96. The normalized spacial score (nSPS) is 19.5. The minimum atomic E-state index is -0.405. The van der Waals surface area contributed by atoms with Crippen molar-refractivity contribution in [2.45, 2.75) is 6.10 Å². The summed E-state index contributed by atoms with van der Waals surface area (Å²) in [6.45, 7) is 1.54. The lowest BCUT2D eigenvalue weighted by atomic mass is 10.2. The molecule has 0 aliphatic carbocycles. The summed E-state index contributed by atoms with van der Waals surface area (Å²) in [7, 11) is 1.34. The van der Waals surface area contributed by atoms with Gasteiger partial charge in [-0.05, 0) is 18.2 Å². The molecule has 100 valence electrons. The fourth-order valence-electron chi connectivity index (χ4n) is 1.96. The minimum absolute atomic E-state index is 0.289. The highest BCUT2D eigenvalue weighted by atomic mass is 16.6. The van der Waals surface area contributed by atoms with Crippen LogP contribution >= 0.6 is 0 Å². The molecule has 2 aromatic rings. The van der Waals surface area contributed by atoms with Crippen molar-refractivity contribution in [2.24, 2.45) is 0 Å². The number of carbonyl (C=O) groups is 1. The van der Waals surface area contributed by atoms with Gasteiger partial charge in [0.25, 0.3) is 0 Å².